The van der Waals surface area contributed by atoms with Gasteiger partial charge in [0, 0.05) is 10.9 Å². The Morgan fingerprint density at radius 1 is 1.42 bits per heavy atom. The number of hydrogen-bond acceptors (Lipinski definition) is 2. The van der Waals surface area contributed by atoms with E-state index >= 15 is 0 Å². The highest BCUT2D eigenvalue weighted by atomic mass is 79.9. The molecule has 0 spiro atoms. The van der Waals surface area contributed by atoms with E-state index in [1.54, 1.807) is 11.3 Å². The fraction of sp³-hybridized carbons (Fsp3) is 0.733. The third-order valence-electron chi connectivity index (χ3n) is 3.94. The average Bonchev–Trinajstić information content (AvgIpc) is 2.76. The monoisotopic (exact) mass is 363 g/mol. The van der Waals surface area contributed by atoms with Crippen LogP contribution in [-0.2, 0) is 0 Å². The van der Waals surface area contributed by atoms with Crippen molar-refractivity contribution in [2.24, 2.45) is 5.92 Å². The van der Waals surface area contributed by atoms with Crippen molar-refractivity contribution in [3.05, 3.63) is 19.8 Å². The molecule has 2 rings (SSSR count). The van der Waals surface area contributed by atoms with Crippen molar-refractivity contribution in [1.29, 1.82) is 0 Å². The predicted molar refractivity (Wildman–Crippen MR) is 89.3 cm³/mol. The maximum atomic E-state index is 6.19. The average molecular weight is 365 g/mol. The highest BCUT2D eigenvalue weighted by Gasteiger charge is 2.21. The number of thiophene rings is 1. The second-order valence-electron chi connectivity index (χ2n) is 5.52. The standard InChI is InChI=1S/C15H23BrClNS/c1-2-8-18-13(9-11-6-4-3-5-7-11)14-10-12(17)15(16)19-14/h10-11,13,18H,2-9H2,1H3. The lowest BCUT2D eigenvalue weighted by atomic mass is 9.84. The van der Waals surface area contributed by atoms with Crippen molar-refractivity contribution >= 4 is 38.9 Å². The summed E-state index contributed by atoms with van der Waals surface area (Å²) in [7, 11) is 0. The summed E-state index contributed by atoms with van der Waals surface area (Å²) in [5, 5.41) is 4.56. The Hall–Kier alpha value is 0.430. The molecule has 1 atom stereocenters. The molecule has 1 heterocycles. The number of nitrogens with one attached hydrogen (secondary N) is 1. The SMILES string of the molecule is CCCNC(CC1CCCCC1)c1cc(Cl)c(Br)s1. The van der Waals surface area contributed by atoms with Gasteiger partial charge in [-0.1, -0.05) is 50.6 Å². The minimum Gasteiger partial charge on any atom is -0.309 e. The van der Waals surface area contributed by atoms with Gasteiger partial charge in [-0.25, -0.2) is 0 Å². The maximum Gasteiger partial charge on any atom is 0.0887 e. The largest absolute Gasteiger partial charge is 0.309 e. The Morgan fingerprint density at radius 2 is 2.16 bits per heavy atom. The van der Waals surface area contributed by atoms with Gasteiger partial charge in [-0.05, 0) is 47.3 Å². The second-order valence-corrected chi connectivity index (χ2v) is 8.33. The van der Waals surface area contributed by atoms with Crippen LogP contribution in [0.25, 0.3) is 0 Å². The number of hydrogen-bond donors (Lipinski definition) is 1. The van der Waals surface area contributed by atoms with E-state index in [1.165, 1.54) is 49.8 Å². The van der Waals surface area contributed by atoms with Gasteiger partial charge in [-0.15, -0.1) is 11.3 Å². The molecule has 0 radical (unpaired) electrons. The van der Waals surface area contributed by atoms with Crippen molar-refractivity contribution in [1.82, 2.24) is 5.32 Å². The maximum absolute atomic E-state index is 6.19. The smallest absolute Gasteiger partial charge is 0.0887 e. The van der Waals surface area contributed by atoms with Crippen LogP contribution in [0, 0.1) is 5.92 Å². The summed E-state index contributed by atoms with van der Waals surface area (Å²) in [4.78, 5) is 1.39. The summed E-state index contributed by atoms with van der Waals surface area (Å²) < 4.78 is 1.07. The van der Waals surface area contributed by atoms with Crippen LogP contribution in [0.1, 0.15) is 62.8 Å². The Balaban J connectivity index is 2.01. The van der Waals surface area contributed by atoms with E-state index in [1.807, 2.05) is 0 Å². The normalized spacial score (nSPS) is 18.7. The summed E-state index contributed by atoms with van der Waals surface area (Å²) in [6.45, 7) is 3.31. The van der Waals surface area contributed by atoms with Gasteiger partial charge in [0.15, 0.2) is 0 Å². The van der Waals surface area contributed by atoms with Crippen LogP contribution >= 0.6 is 38.9 Å². The molecule has 1 saturated carbocycles. The Labute approximate surface area is 134 Å². The highest BCUT2D eigenvalue weighted by molar-refractivity contribution is 9.11. The van der Waals surface area contributed by atoms with Gasteiger partial charge in [0.25, 0.3) is 0 Å². The first kappa shape index (κ1) is 15.8. The van der Waals surface area contributed by atoms with Gasteiger partial charge >= 0.3 is 0 Å². The molecule has 1 nitrogen and oxygen atoms in total. The molecule has 0 saturated heterocycles. The van der Waals surface area contributed by atoms with Gasteiger partial charge in [0.1, 0.15) is 0 Å². The molecule has 1 N–H and O–H groups in total. The molecule has 19 heavy (non-hydrogen) atoms. The lowest BCUT2D eigenvalue weighted by Crippen LogP contribution is -2.24. The second kappa shape index (κ2) is 8.02. The van der Waals surface area contributed by atoms with Crippen LogP contribution in [0.4, 0.5) is 0 Å². The molecule has 0 aliphatic heterocycles. The quantitative estimate of drug-likeness (QED) is 0.636. The molecule has 0 bridgehead atoms. The minimum absolute atomic E-state index is 0.483. The van der Waals surface area contributed by atoms with Crippen molar-refractivity contribution in [2.75, 3.05) is 6.54 Å². The summed E-state index contributed by atoms with van der Waals surface area (Å²) in [6, 6.07) is 2.61. The molecule has 108 valence electrons. The van der Waals surface area contributed by atoms with Crippen LogP contribution < -0.4 is 5.32 Å². The predicted octanol–water partition coefficient (Wildman–Crippen LogP) is 6.18. The Bertz CT molecular complexity index is 368. The van der Waals surface area contributed by atoms with E-state index in [9.17, 15) is 0 Å². The zero-order chi connectivity index (χ0) is 13.7. The van der Waals surface area contributed by atoms with E-state index in [0.717, 1.165) is 21.3 Å². The molecule has 1 fully saturated rings. The van der Waals surface area contributed by atoms with Crippen LogP contribution in [0.15, 0.2) is 9.85 Å². The molecule has 1 aliphatic rings. The van der Waals surface area contributed by atoms with Crippen LogP contribution in [0.3, 0.4) is 0 Å². The molecular formula is C15H23BrClNS. The fourth-order valence-corrected chi connectivity index (χ4v) is 4.74. The van der Waals surface area contributed by atoms with Crippen LogP contribution in [0.5, 0.6) is 0 Å². The fourth-order valence-electron chi connectivity index (χ4n) is 2.91. The van der Waals surface area contributed by atoms with Gasteiger partial charge in [-0.2, -0.15) is 0 Å². The van der Waals surface area contributed by atoms with Crippen molar-refractivity contribution < 1.29 is 0 Å². The summed E-state index contributed by atoms with van der Waals surface area (Å²) >= 11 is 11.5. The topological polar surface area (TPSA) is 12.0 Å². The third-order valence-corrected chi connectivity index (χ3v) is 6.53. The molecule has 0 aromatic carbocycles. The molecule has 1 aromatic heterocycles. The van der Waals surface area contributed by atoms with Gasteiger partial charge in [0.2, 0.25) is 0 Å². The van der Waals surface area contributed by atoms with E-state index < -0.39 is 0 Å². The lowest BCUT2D eigenvalue weighted by molar-refractivity contribution is 0.301. The molecule has 4 heteroatoms. The zero-order valence-corrected chi connectivity index (χ0v) is 14.7. The number of halogens is 2. The van der Waals surface area contributed by atoms with Crippen molar-refractivity contribution in [3.63, 3.8) is 0 Å². The molecular weight excluding hydrogens is 342 g/mol. The lowest BCUT2D eigenvalue weighted by Gasteiger charge is -2.26. The zero-order valence-electron chi connectivity index (χ0n) is 11.6. The minimum atomic E-state index is 0.483. The first-order valence-corrected chi connectivity index (χ1v) is 9.37. The molecule has 1 aromatic rings. The first-order chi connectivity index (χ1) is 9.20. The van der Waals surface area contributed by atoms with Gasteiger partial charge in [-0.3, -0.25) is 0 Å². The summed E-state index contributed by atoms with van der Waals surface area (Å²) in [5.41, 5.74) is 0. The molecule has 1 aliphatic carbocycles. The summed E-state index contributed by atoms with van der Waals surface area (Å²) in [5.74, 6) is 0.891. The Morgan fingerprint density at radius 3 is 2.74 bits per heavy atom. The van der Waals surface area contributed by atoms with Gasteiger partial charge < -0.3 is 5.32 Å². The Kier molecular flexibility index (Phi) is 6.67. The van der Waals surface area contributed by atoms with E-state index in [0.29, 0.717) is 6.04 Å². The van der Waals surface area contributed by atoms with E-state index in [-0.39, 0.29) is 0 Å². The number of rotatable bonds is 6. The van der Waals surface area contributed by atoms with E-state index in [2.05, 4.69) is 34.2 Å². The third kappa shape index (κ3) is 4.73. The van der Waals surface area contributed by atoms with Crippen LogP contribution in [0.2, 0.25) is 5.02 Å². The van der Waals surface area contributed by atoms with Crippen molar-refractivity contribution in [3.8, 4) is 0 Å². The van der Waals surface area contributed by atoms with E-state index in [4.69, 9.17) is 11.6 Å². The van der Waals surface area contributed by atoms with Crippen LogP contribution in [-0.4, -0.2) is 6.54 Å². The van der Waals surface area contributed by atoms with Crippen molar-refractivity contribution in [2.45, 2.75) is 57.9 Å². The first-order valence-electron chi connectivity index (χ1n) is 7.38. The summed E-state index contributed by atoms with van der Waals surface area (Å²) in [6.07, 6.45) is 9.53. The molecule has 1 unspecified atom stereocenters. The molecule has 0 amide bonds. The highest BCUT2D eigenvalue weighted by Crippen LogP contribution is 2.39. The van der Waals surface area contributed by atoms with Gasteiger partial charge in [0.05, 0.1) is 8.81 Å².